The van der Waals surface area contributed by atoms with Gasteiger partial charge >= 0.3 is 12.1 Å². The molecule has 0 spiro atoms. The van der Waals surface area contributed by atoms with Gasteiger partial charge in [0, 0.05) is 30.8 Å². The molecule has 1 unspecified atom stereocenters. The smallest absolute Gasteiger partial charge is 0.407 e. The average Bonchev–Trinajstić information content (AvgIpc) is 3.35. The highest BCUT2D eigenvalue weighted by molar-refractivity contribution is 5.82. The van der Waals surface area contributed by atoms with Crippen molar-refractivity contribution in [1.29, 1.82) is 0 Å². The molecule has 0 aromatic heterocycles. The summed E-state index contributed by atoms with van der Waals surface area (Å²) in [5.74, 6) is -1.61. The molecule has 34 heavy (non-hydrogen) atoms. The van der Waals surface area contributed by atoms with Crippen molar-refractivity contribution in [3.8, 4) is 11.1 Å². The summed E-state index contributed by atoms with van der Waals surface area (Å²) >= 11 is 0. The van der Waals surface area contributed by atoms with Gasteiger partial charge in [0.15, 0.2) is 5.60 Å². The molecule has 1 fully saturated rings. The number of likely N-dealkylation sites (tertiary alicyclic amines) is 1. The van der Waals surface area contributed by atoms with Gasteiger partial charge in [-0.05, 0) is 42.5 Å². The van der Waals surface area contributed by atoms with Crippen LogP contribution in [0.2, 0.25) is 0 Å². The second-order valence-corrected chi connectivity index (χ2v) is 9.74. The fourth-order valence-electron chi connectivity index (χ4n) is 4.73. The number of nitrogens with zero attached hydrogens (tertiary/aromatic N) is 1. The Balaban J connectivity index is 1.29. The number of hydrogen-bond donors (Lipinski definition) is 3. The molecule has 8 heteroatoms. The first-order valence-electron chi connectivity index (χ1n) is 11.5. The molecular formula is C26H30N2O6. The number of carboxylic acids is 1. The molecule has 1 saturated heterocycles. The van der Waals surface area contributed by atoms with Crippen LogP contribution in [-0.2, 0) is 14.3 Å². The second-order valence-electron chi connectivity index (χ2n) is 9.74. The van der Waals surface area contributed by atoms with Gasteiger partial charge < -0.3 is 25.2 Å². The Bertz CT molecular complexity index is 1070. The minimum absolute atomic E-state index is 0.00939. The van der Waals surface area contributed by atoms with Gasteiger partial charge in [0.1, 0.15) is 6.61 Å². The van der Waals surface area contributed by atoms with Crippen LogP contribution in [0.1, 0.15) is 50.2 Å². The number of carboxylic acid groups (broad SMARTS) is 1. The largest absolute Gasteiger partial charge is 0.479 e. The average molecular weight is 467 g/mol. The number of ether oxygens (including phenoxy) is 1. The first kappa shape index (κ1) is 23.8. The van der Waals surface area contributed by atoms with Gasteiger partial charge in [-0.3, -0.25) is 4.79 Å². The lowest BCUT2D eigenvalue weighted by molar-refractivity contribution is -0.157. The quantitative estimate of drug-likeness (QED) is 0.577. The third-order valence-corrected chi connectivity index (χ3v) is 6.75. The number of β-amino-alcohol motifs (C(OH)–C–C–N with tert-alkyl or cyclic N) is 1. The Morgan fingerprint density at radius 1 is 1.09 bits per heavy atom. The summed E-state index contributed by atoms with van der Waals surface area (Å²) < 4.78 is 5.59. The zero-order chi connectivity index (χ0) is 24.5. The fourth-order valence-corrected chi connectivity index (χ4v) is 4.73. The van der Waals surface area contributed by atoms with Crippen LogP contribution in [0.3, 0.4) is 0 Å². The molecule has 2 aromatic rings. The molecule has 0 radical (unpaired) electrons. The van der Waals surface area contributed by atoms with Crippen LogP contribution in [0, 0.1) is 0 Å². The number of aliphatic carboxylic acids is 1. The molecule has 2 aliphatic rings. The van der Waals surface area contributed by atoms with E-state index in [1.807, 2.05) is 24.3 Å². The summed E-state index contributed by atoms with van der Waals surface area (Å²) in [5, 5.41) is 22.0. The topological polar surface area (TPSA) is 116 Å². The summed E-state index contributed by atoms with van der Waals surface area (Å²) in [7, 11) is 0. The van der Waals surface area contributed by atoms with E-state index in [-0.39, 0.29) is 44.4 Å². The van der Waals surface area contributed by atoms with Gasteiger partial charge in [-0.15, -0.1) is 0 Å². The zero-order valence-corrected chi connectivity index (χ0v) is 19.4. The van der Waals surface area contributed by atoms with Crippen LogP contribution in [0.15, 0.2) is 48.5 Å². The van der Waals surface area contributed by atoms with E-state index in [9.17, 15) is 19.5 Å². The van der Waals surface area contributed by atoms with Gasteiger partial charge in [0.25, 0.3) is 0 Å². The molecule has 8 nitrogen and oxygen atoms in total. The number of rotatable bonds is 7. The zero-order valence-electron chi connectivity index (χ0n) is 19.4. The number of hydrogen-bond acceptors (Lipinski definition) is 5. The molecule has 1 atom stereocenters. The van der Waals surface area contributed by atoms with E-state index in [0.29, 0.717) is 6.42 Å². The Labute approximate surface area is 198 Å². The number of benzene rings is 2. The fraction of sp³-hybridized carbons (Fsp3) is 0.423. The lowest BCUT2D eigenvalue weighted by atomic mass is 9.98. The highest BCUT2D eigenvalue weighted by Crippen LogP contribution is 2.44. The molecule has 3 N–H and O–H groups in total. The highest BCUT2D eigenvalue weighted by atomic mass is 16.5. The molecule has 2 amide bonds. The van der Waals surface area contributed by atoms with E-state index >= 15 is 0 Å². The van der Waals surface area contributed by atoms with Crippen LogP contribution in [-0.4, -0.2) is 63.9 Å². The summed E-state index contributed by atoms with van der Waals surface area (Å²) in [4.78, 5) is 37.6. The van der Waals surface area contributed by atoms with Crippen LogP contribution in [0.4, 0.5) is 4.79 Å². The van der Waals surface area contributed by atoms with Crippen molar-refractivity contribution in [2.45, 2.75) is 50.2 Å². The number of carbonyl (C=O) groups excluding carboxylic acids is 2. The van der Waals surface area contributed by atoms with E-state index in [1.54, 1.807) is 13.8 Å². The number of alkyl carbamates (subject to hydrolysis) is 1. The highest BCUT2D eigenvalue weighted by Gasteiger charge is 2.44. The predicted molar refractivity (Wildman–Crippen MR) is 125 cm³/mol. The molecule has 2 aromatic carbocycles. The minimum Gasteiger partial charge on any atom is -0.479 e. The van der Waals surface area contributed by atoms with Crippen molar-refractivity contribution in [3.05, 3.63) is 59.7 Å². The maximum atomic E-state index is 12.6. The van der Waals surface area contributed by atoms with Crippen molar-refractivity contribution in [3.63, 3.8) is 0 Å². The standard InChI is InChI=1S/C26H30N2O6/c1-25(2,12-11-22(29)28-14-13-26(33,16-28)23(30)31)27-24(32)34-15-21-19-9-5-3-7-17(19)18-8-4-6-10-20(18)21/h3-10,21,33H,11-16H2,1-2H3,(H,27,32)(H,30,31). The molecular weight excluding hydrogens is 436 g/mol. The van der Waals surface area contributed by atoms with Crippen LogP contribution >= 0.6 is 0 Å². The van der Waals surface area contributed by atoms with Gasteiger partial charge in [-0.1, -0.05) is 48.5 Å². The first-order valence-corrected chi connectivity index (χ1v) is 11.5. The van der Waals surface area contributed by atoms with E-state index in [1.165, 1.54) is 4.90 Å². The number of amides is 2. The molecule has 0 saturated carbocycles. The van der Waals surface area contributed by atoms with E-state index in [0.717, 1.165) is 22.3 Å². The Morgan fingerprint density at radius 3 is 2.24 bits per heavy atom. The van der Waals surface area contributed by atoms with E-state index in [2.05, 4.69) is 29.6 Å². The van der Waals surface area contributed by atoms with Crippen molar-refractivity contribution in [1.82, 2.24) is 10.2 Å². The lowest BCUT2D eigenvalue weighted by Gasteiger charge is -2.27. The minimum atomic E-state index is -1.88. The Hall–Kier alpha value is -3.39. The number of fused-ring (bicyclic) bond motifs is 3. The van der Waals surface area contributed by atoms with Gasteiger partial charge in [-0.2, -0.15) is 0 Å². The van der Waals surface area contributed by atoms with Crippen LogP contribution in [0.5, 0.6) is 0 Å². The molecule has 1 aliphatic carbocycles. The number of aliphatic hydroxyl groups is 1. The van der Waals surface area contributed by atoms with Crippen molar-refractivity contribution >= 4 is 18.0 Å². The van der Waals surface area contributed by atoms with Crippen LogP contribution < -0.4 is 5.32 Å². The van der Waals surface area contributed by atoms with Gasteiger partial charge in [0.05, 0.1) is 6.54 Å². The summed E-state index contributed by atoms with van der Waals surface area (Å²) in [6.07, 6.45) is -0.0828. The summed E-state index contributed by atoms with van der Waals surface area (Å²) in [6.45, 7) is 3.79. The Morgan fingerprint density at radius 2 is 1.68 bits per heavy atom. The molecule has 1 heterocycles. The number of carbonyl (C=O) groups is 3. The molecule has 180 valence electrons. The summed E-state index contributed by atoms with van der Waals surface area (Å²) in [5.41, 5.74) is 1.98. The molecule has 0 bridgehead atoms. The summed E-state index contributed by atoms with van der Waals surface area (Å²) in [6, 6.07) is 16.2. The normalized spacial score (nSPS) is 19.4. The number of nitrogens with one attached hydrogen (secondary N) is 1. The first-order chi connectivity index (χ1) is 16.1. The van der Waals surface area contributed by atoms with Crippen LogP contribution in [0.25, 0.3) is 11.1 Å². The maximum absolute atomic E-state index is 12.6. The Kier molecular flexibility index (Phi) is 6.36. The van der Waals surface area contributed by atoms with E-state index < -0.39 is 23.2 Å². The second kappa shape index (κ2) is 9.10. The third-order valence-electron chi connectivity index (χ3n) is 6.75. The van der Waals surface area contributed by atoms with Crippen molar-refractivity contribution in [2.75, 3.05) is 19.7 Å². The SMILES string of the molecule is CC(C)(CCC(=O)N1CCC(O)(C(=O)O)C1)NC(=O)OCC1c2ccccc2-c2ccccc21. The maximum Gasteiger partial charge on any atom is 0.407 e. The monoisotopic (exact) mass is 466 g/mol. The predicted octanol–water partition coefficient (Wildman–Crippen LogP) is 3.13. The van der Waals surface area contributed by atoms with E-state index in [4.69, 9.17) is 9.84 Å². The van der Waals surface area contributed by atoms with Gasteiger partial charge in [-0.25, -0.2) is 9.59 Å². The van der Waals surface area contributed by atoms with Crippen molar-refractivity contribution in [2.24, 2.45) is 0 Å². The van der Waals surface area contributed by atoms with Gasteiger partial charge in [0.2, 0.25) is 5.91 Å². The molecule has 1 aliphatic heterocycles. The molecule has 4 rings (SSSR count). The third kappa shape index (κ3) is 4.77. The van der Waals surface area contributed by atoms with Crippen molar-refractivity contribution < 1.29 is 29.3 Å². The lowest BCUT2D eigenvalue weighted by Crippen LogP contribution is -2.45.